The van der Waals surface area contributed by atoms with Gasteiger partial charge in [-0.25, -0.2) is 13.2 Å². The van der Waals surface area contributed by atoms with E-state index in [2.05, 4.69) is 20.8 Å². The zero-order valence-corrected chi connectivity index (χ0v) is 12.1. The van der Waals surface area contributed by atoms with Crippen LogP contribution in [0.25, 0.3) is 0 Å². The average Bonchev–Trinajstić information content (AvgIpc) is 2.42. The molecule has 0 heterocycles. The molecule has 2 aromatic rings. The van der Waals surface area contributed by atoms with Crippen molar-refractivity contribution in [1.82, 2.24) is 0 Å². The minimum atomic E-state index is -1.53. The molecule has 0 aliphatic rings. The summed E-state index contributed by atoms with van der Waals surface area (Å²) in [5.41, 5.74) is 1.52. The van der Waals surface area contributed by atoms with Crippen molar-refractivity contribution in [3.63, 3.8) is 0 Å². The van der Waals surface area contributed by atoms with Crippen molar-refractivity contribution in [2.24, 2.45) is 0 Å². The maximum Gasteiger partial charge on any atom is 0.194 e. The van der Waals surface area contributed by atoms with Crippen LogP contribution in [0.4, 0.5) is 13.2 Å². The summed E-state index contributed by atoms with van der Waals surface area (Å²) >= 11 is 0. The summed E-state index contributed by atoms with van der Waals surface area (Å²) in [5.74, 6) is -4.15. The molecule has 0 fully saturated rings. The lowest BCUT2D eigenvalue weighted by Crippen LogP contribution is -2.11. The summed E-state index contributed by atoms with van der Waals surface area (Å²) < 4.78 is 39.3. The van der Waals surface area contributed by atoms with Crippen LogP contribution in [-0.2, 0) is 5.41 Å². The fourth-order valence-corrected chi connectivity index (χ4v) is 2.09. The van der Waals surface area contributed by atoms with Gasteiger partial charge in [-0.3, -0.25) is 0 Å². The van der Waals surface area contributed by atoms with Gasteiger partial charge in [0.25, 0.3) is 0 Å². The second-order valence-corrected chi connectivity index (χ2v) is 6.07. The van der Waals surface area contributed by atoms with E-state index in [1.165, 1.54) is 0 Å². The van der Waals surface area contributed by atoms with Crippen molar-refractivity contribution in [3.05, 3.63) is 70.5 Å². The molecule has 0 saturated heterocycles. The van der Waals surface area contributed by atoms with E-state index >= 15 is 0 Å². The molecule has 0 saturated carbocycles. The van der Waals surface area contributed by atoms with Gasteiger partial charge in [-0.15, -0.1) is 0 Å². The van der Waals surface area contributed by atoms with Crippen LogP contribution >= 0.6 is 0 Å². The zero-order valence-electron chi connectivity index (χ0n) is 12.1. The molecule has 0 radical (unpaired) electrons. The van der Waals surface area contributed by atoms with Crippen molar-refractivity contribution in [1.29, 1.82) is 0 Å². The SMILES string of the molecule is CC(C)(C)c1ccc(C(O)c2cc(F)c(F)c(F)c2)cc1. The smallest absolute Gasteiger partial charge is 0.194 e. The van der Waals surface area contributed by atoms with Gasteiger partial charge in [-0.1, -0.05) is 45.0 Å². The van der Waals surface area contributed by atoms with Gasteiger partial charge < -0.3 is 5.11 Å². The number of aliphatic hydroxyl groups is 1. The Hall–Kier alpha value is -1.81. The maximum absolute atomic E-state index is 13.2. The third kappa shape index (κ3) is 3.27. The molecule has 1 N–H and O–H groups in total. The van der Waals surface area contributed by atoms with E-state index in [9.17, 15) is 18.3 Å². The molecular formula is C17H17F3O. The molecule has 0 spiro atoms. The summed E-state index contributed by atoms with van der Waals surface area (Å²) in [6.07, 6.45) is -1.20. The topological polar surface area (TPSA) is 20.2 Å². The van der Waals surface area contributed by atoms with E-state index < -0.39 is 23.6 Å². The number of hydrogen-bond donors (Lipinski definition) is 1. The first-order valence-corrected chi connectivity index (χ1v) is 6.63. The monoisotopic (exact) mass is 294 g/mol. The summed E-state index contributed by atoms with van der Waals surface area (Å²) in [6, 6.07) is 8.72. The van der Waals surface area contributed by atoms with Crippen molar-refractivity contribution >= 4 is 0 Å². The molecule has 0 amide bonds. The Balaban J connectivity index is 2.34. The molecule has 4 heteroatoms. The summed E-state index contributed by atoms with van der Waals surface area (Å²) in [4.78, 5) is 0. The maximum atomic E-state index is 13.2. The first-order chi connectivity index (χ1) is 9.70. The highest BCUT2D eigenvalue weighted by molar-refractivity contribution is 5.34. The van der Waals surface area contributed by atoms with E-state index in [0.29, 0.717) is 5.56 Å². The molecule has 2 rings (SSSR count). The average molecular weight is 294 g/mol. The molecule has 21 heavy (non-hydrogen) atoms. The minimum Gasteiger partial charge on any atom is -0.384 e. The quantitative estimate of drug-likeness (QED) is 0.809. The van der Waals surface area contributed by atoms with Crippen LogP contribution in [0.15, 0.2) is 36.4 Å². The van der Waals surface area contributed by atoms with Crippen molar-refractivity contribution < 1.29 is 18.3 Å². The lowest BCUT2D eigenvalue weighted by molar-refractivity contribution is 0.218. The van der Waals surface area contributed by atoms with Crippen LogP contribution < -0.4 is 0 Å². The van der Waals surface area contributed by atoms with E-state index in [1.54, 1.807) is 12.1 Å². The van der Waals surface area contributed by atoms with Gasteiger partial charge in [0.15, 0.2) is 17.5 Å². The summed E-state index contributed by atoms with van der Waals surface area (Å²) in [6.45, 7) is 6.18. The Morgan fingerprint density at radius 3 is 1.76 bits per heavy atom. The standard InChI is InChI=1S/C17H17F3O/c1-17(2,3)12-6-4-10(5-7-12)16(21)11-8-13(18)15(20)14(19)9-11/h4-9,16,21H,1-3H3. The highest BCUT2D eigenvalue weighted by atomic mass is 19.2. The van der Waals surface area contributed by atoms with E-state index in [1.807, 2.05) is 12.1 Å². The van der Waals surface area contributed by atoms with Gasteiger partial charge in [0.1, 0.15) is 6.10 Å². The molecule has 0 aliphatic carbocycles. The van der Waals surface area contributed by atoms with E-state index in [4.69, 9.17) is 0 Å². The van der Waals surface area contributed by atoms with E-state index in [0.717, 1.165) is 17.7 Å². The van der Waals surface area contributed by atoms with E-state index in [-0.39, 0.29) is 11.0 Å². The summed E-state index contributed by atoms with van der Waals surface area (Å²) in [7, 11) is 0. The fraction of sp³-hybridized carbons (Fsp3) is 0.294. The lowest BCUT2D eigenvalue weighted by Gasteiger charge is -2.20. The lowest BCUT2D eigenvalue weighted by atomic mass is 9.86. The Labute approximate surface area is 122 Å². The highest BCUT2D eigenvalue weighted by Gasteiger charge is 2.18. The third-order valence-electron chi connectivity index (χ3n) is 3.41. The van der Waals surface area contributed by atoms with Crippen LogP contribution in [0.3, 0.4) is 0 Å². The molecule has 0 bridgehead atoms. The van der Waals surface area contributed by atoms with Crippen LogP contribution in [0.5, 0.6) is 0 Å². The van der Waals surface area contributed by atoms with Crippen LogP contribution in [0.2, 0.25) is 0 Å². The Morgan fingerprint density at radius 2 is 1.33 bits per heavy atom. The number of benzene rings is 2. The number of aliphatic hydroxyl groups excluding tert-OH is 1. The molecular weight excluding hydrogens is 277 g/mol. The Bertz CT molecular complexity index is 619. The molecule has 2 aromatic carbocycles. The first-order valence-electron chi connectivity index (χ1n) is 6.63. The van der Waals surface area contributed by atoms with Crippen molar-refractivity contribution in [2.45, 2.75) is 32.3 Å². The molecule has 0 aliphatic heterocycles. The van der Waals surface area contributed by atoms with Gasteiger partial charge in [0, 0.05) is 0 Å². The predicted octanol–water partition coefficient (Wildman–Crippen LogP) is 4.48. The van der Waals surface area contributed by atoms with Gasteiger partial charge in [-0.05, 0) is 34.2 Å². The first kappa shape index (κ1) is 15.6. The van der Waals surface area contributed by atoms with Crippen LogP contribution in [0.1, 0.15) is 43.6 Å². The van der Waals surface area contributed by atoms with Gasteiger partial charge in [0.05, 0.1) is 0 Å². The number of hydrogen-bond acceptors (Lipinski definition) is 1. The number of rotatable bonds is 2. The predicted molar refractivity (Wildman–Crippen MR) is 75.5 cm³/mol. The molecule has 1 nitrogen and oxygen atoms in total. The largest absolute Gasteiger partial charge is 0.384 e. The van der Waals surface area contributed by atoms with Crippen molar-refractivity contribution in [2.75, 3.05) is 0 Å². The third-order valence-corrected chi connectivity index (χ3v) is 3.41. The summed E-state index contributed by atoms with van der Waals surface area (Å²) in [5, 5.41) is 10.2. The normalized spacial score (nSPS) is 13.3. The molecule has 112 valence electrons. The number of halogens is 3. The zero-order chi connectivity index (χ0) is 15.8. The Kier molecular flexibility index (Phi) is 4.10. The fourth-order valence-electron chi connectivity index (χ4n) is 2.09. The second kappa shape index (κ2) is 5.53. The van der Waals surface area contributed by atoms with Crippen LogP contribution in [-0.4, -0.2) is 5.11 Å². The Morgan fingerprint density at radius 1 is 0.857 bits per heavy atom. The highest BCUT2D eigenvalue weighted by Crippen LogP contribution is 2.28. The van der Waals surface area contributed by atoms with Crippen LogP contribution in [0, 0.1) is 17.5 Å². The van der Waals surface area contributed by atoms with Crippen molar-refractivity contribution in [3.8, 4) is 0 Å². The molecule has 1 atom stereocenters. The second-order valence-electron chi connectivity index (χ2n) is 6.07. The molecule has 1 unspecified atom stereocenters. The molecule has 0 aromatic heterocycles. The van der Waals surface area contributed by atoms with Gasteiger partial charge in [0.2, 0.25) is 0 Å². The minimum absolute atomic E-state index is 0.0186. The van der Waals surface area contributed by atoms with Gasteiger partial charge in [-0.2, -0.15) is 0 Å². The van der Waals surface area contributed by atoms with Gasteiger partial charge >= 0.3 is 0 Å².